The number of hydrogen-bond acceptors (Lipinski definition) is 4. The third-order valence-electron chi connectivity index (χ3n) is 3.49. The molecule has 1 fully saturated rings. The van der Waals surface area contributed by atoms with Crippen LogP contribution in [0.15, 0.2) is 18.2 Å². The first-order chi connectivity index (χ1) is 8.19. The predicted octanol–water partition coefficient (Wildman–Crippen LogP) is 1.27. The average Bonchev–Trinajstić information content (AvgIpc) is 2.35. The lowest BCUT2D eigenvalue weighted by Gasteiger charge is -2.31. The number of rotatable bonds is 3. The van der Waals surface area contributed by atoms with Gasteiger partial charge in [0, 0.05) is 6.54 Å². The summed E-state index contributed by atoms with van der Waals surface area (Å²) < 4.78 is 0. The summed E-state index contributed by atoms with van der Waals surface area (Å²) in [6.45, 7) is 3.73. The SMILES string of the molecule is NCC1CCN(Cc2ccc(O)c(O)c2)CC1. The molecule has 17 heavy (non-hydrogen) atoms. The molecule has 94 valence electrons. The van der Waals surface area contributed by atoms with Crippen LogP contribution in [0.25, 0.3) is 0 Å². The van der Waals surface area contributed by atoms with Gasteiger partial charge in [0.1, 0.15) is 0 Å². The number of phenols is 2. The van der Waals surface area contributed by atoms with Crippen LogP contribution in [-0.4, -0.2) is 34.7 Å². The molecule has 4 nitrogen and oxygen atoms in total. The smallest absolute Gasteiger partial charge is 0.157 e. The molecule has 2 rings (SSSR count). The van der Waals surface area contributed by atoms with Crippen molar-refractivity contribution in [1.82, 2.24) is 4.90 Å². The van der Waals surface area contributed by atoms with Gasteiger partial charge in [-0.05, 0) is 56.1 Å². The second-order valence-electron chi connectivity index (χ2n) is 4.78. The van der Waals surface area contributed by atoms with Crippen LogP contribution in [-0.2, 0) is 6.54 Å². The summed E-state index contributed by atoms with van der Waals surface area (Å²) in [6, 6.07) is 5.02. The molecule has 0 spiro atoms. The summed E-state index contributed by atoms with van der Waals surface area (Å²) in [7, 11) is 0. The van der Waals surface area contributed by atoms with Crippen LogP contribution in [0.3, 0.4) is 0 Å². The molecule has 0 bridgehead atoms. The Morgan fingerprint density at radius 2 is 1.88 bits per heavy atom. The Morgan fingerprint density at radius 3 is 2.47 bits per heavy atom. The molecule has 0 saturated carbocycles. The van der Waals surface area contributed by atoms with E-state index in [1.807, 2.05) is 6.07 Å². The predicted molar refractivity (Wildman–Crippen MR) is 66.8 cm³/mol. The molecule has 0 atom stereocenters. The Hall–Kier alpha value is -1.26. The maximum atomic E-state index is 9.42. The molecule has 1 aromatic rings. The first-order valence-electron chi connectivity index (χ1n) is 6.12. The molecule has 4 N–H and O–H groups in total. The van der Waals surface area contributed by atoms with Gasteiger partial charge >= 0.3 is 0 Å². The van der Waals surface area contributed by atoms with Gasteiger partial charge in [-0.3, -0.25) is 4.90 Å². The minimum atomic E-state index is -0.0596. The Balaban J connectivity index is 1.91. The van der Waals surface area contributed by atoms with Gasteiger partial charge < -0.3 is 15.9 Å². The molecule has 1 aromatic carbocycles. The summed E-state index contributed by atoms with van der Waals surface area (Å²) in [5, 5.41) is 18.7. The Kier molecular flexibility index (Phi) is 3.86. The van der Waals surface area contributed by atoms with E-state index >= 15 is 0 Å². The molecular formula is C13H20N2O2. The lowest BCUT2D eigenvalue weighted by atomic mass is 9.97. The van der Waals surface area contributed by atoms with Crippen LogP contribution >= 0.6 is 0 Å². The van der Waals surface area contributed by atoms with Crippen LogP contribution in [0.2, 0.25) is 0 Å². The van der Waals surface area contributed by atoms with Gasteiger partial charge in [0.25, 0.3) is 0 Å². The first kappa shape index (κ1) is 12.2. The molecule has 4 heteroatoms. The van der Waals surface area contributed by atoms with E-state index in [0.717, 1.165) is 44.6 Å². The number of piperidine rings is 1. The Labute approximate surface area is 102 Å². The van der Waals surface area contributed by atoms with Gasteiger partial charge in [-0.25, -0.2) is 0 Å². The molecule has 0 aromatic heterocycles. The van der Waals surface area contributed by atoms with E-state index in [0.29, 0.717) is 5.92 Å². The monoisotopic (exact) mass is 236 g/mol. The van der Waals surface area contributed by atoms with Crippen LogP contribution < -0.4 is 5.73 Å². The maximum Gasteiger partial charge on any atom is 0.157 e. The molecule has 1 aliphatic heterocycles. The zero-order chi connectivity index (χ0) is 12.3. The zero-order valence-electron chi connectivity index (χ0n) is 9.97. The molecule has 1 aliphatic rings. The summed E-state index contributed by atoms with van der Waals surface area (Å²) in [6.07, 6.45) is 2.31. The fourth-order valence-electron chi connectivity index (χ4n) is 2.31. The number of phenolic OH excluding ortho intramolecular Hbond substituents is 2. The largest absolute Gasteiger partial charge is 0.504 e. The van der Waals surface area contributed by atoms with E-state index in [2.05, 4.69) is 4.90 Å². The minimum Gasteiger partial charge on any atom is -0.504 e. The number of likely N-dealkylation sites (tertiary alicyclic amines) is 1. The van der Waals surface area contributed by atoms with Crippen LogP contribution in [0, 0.1) is 5.92 Å². The van der Waals surface area contributed by atoms with Crippen molar-refractivity contribution in [2.75, 3.05) is 19.6 Å². The maximum absolute atomic E-state index is 9.42. The van der Waals surface area contributed by atoms with Crippen LogP contribution in [0.5, 0.6) is 11.5 Å². The number of aromatic hydroxyl groups is 2. The van der Waals surface area contributed by atoms with Crippen molar-refractivity contribution in [3.63, 3.8) is 0 Å². The molecule has 0 aliphatic carbocycles. The van der Waals surface area contributed by atoms with E-state index in [4.69, 9.17) is 5.73 Å². The van der Waals surface area contributed by atoms with Gasteiger partial charge in [0.05, 0.1) is 0 Å². The lowest BCUT2D eigenvalue weighted by Crippen LogP contribution is -2.35. The van der Waals surface area contributed by atoms with Crippen molar-refractivity contribution in [3.05, 3.63) is 23.8 Å². The molecule has 0 amide bonds. The Bertz CT molecular complexity index is 374. The van der Waals surface area contributed by atoms with Crippen molar-refractivity contribution >= 4 is 0 Å². The molecular weight excluding hydrogens is 216 g/mol. The standard InChI is InChI=1S/C13H20N2O2/c14-8-10-3-5-15(6-4-10)9-11-1-2-12(16)13(17)7-11/h1-2,7,10,16-17H,3-6,8-9,14H2. The van der Waals surface area contributed by atoms with Crippen molar-refractivity contribution in [3.8, 4) is 11.5 Å². The van der Waals surface area contributed by atoms with Crippen molar-refractivity contribution < 1.29 is 10.2 Å². The normalized spacial score (nSPS) is 18.4. The molecule has 0 unspecified atom stereocenters. The van der Waals surface area contributed by atoms with Gasteiger partial charge in [0.15, 0.2) is 11.5 Å². The third-order valence-corrected chi connectivity index (χ3v) is 3.49. The van der Waals surface area contributed by atoms with Gasteiger partial charge in [0.2, 0.25) is 0 Å². The highest BCUT2D eigenvalue weighted by Crippen LogP contribution is 2.26. The topological polar surface area (TPSA) is 69.7 Å². The van der Waals surface area contributed by atoms with Crippen molar-refractivity contribution in [1.29, 1.82) is 0 Å². The molecule has 0 radical (unpaired) electrons. The number of nitrogens with two attached hydrogens (primary N) is 1. The first-order valence-corrected chi connectivity index (χ1v) is 6.12. The van der Waals surface area contributed by atoms with E-state index in [9.17, 15) is 10.2 Å². The number of nitrogens with zero attached hydrogens (tertiary/aromatic N) is 1. The third kappa shape index (κ3) is 3.11. The van der Waals surface area contributed by atoms with Crippen LogP contribution in [0.1, 0.15) is 18.4 Å². The highest BCUT2D eigenvalue weighted by atomic mass is 16.3. The van der Waals surface area contributed by atoms with Crippen molar-refractivity contribution in [2.45, 2.75) is 19.4 Å². The zero-order valence-corrected chi connectivity index (χ0v) is 9.97. The number of hydrogen-bond donors (Lipinski definition) is 3. The van der Waals surface area contributed by atoms with Crippen LogP contribution in [0.4, 0.5) is 0 Å². The average molecular weight is 236 g/mol. The fraction of sp³-hybridized carbons (Fsp3) is 0.538. The highest BCUT2D eigenvalue weighted by Gasteiger charge is 2.18. The minimum absolute atomic E-state index is 0.0423. The second-order valence-corrected chi connectivity index (χ2v) is 4.78. The lowest BCUT2D eigenvalue weighted by molar-refractivity contribution is 0.180. The van der Waals surface area contributed by atoms with E-state index < -0.39 is 0 Å². The molecule has 1 saturated heterocycles. The summed E-state index contributed by atoms with van der Waals surface area (Å²) in [4.78, 5) is 2.36. The van der Waals surface area contributed by atoms with E-state index in [-0.39, 0.29) is 11.5 Å². The summed E-state index contributed by atoms with van der Waals surface area (Å²) >= 11 is 0. The number of benzene rings is 1. The van der Waals surface area contributed by atoms with Gasteiger partial charge in [-0.15, -0.1) is 0 Å². The quantitative estimate of drug-likeness (QED) is 0.691. The van der Waals surface area contributed by atoms with Crippen molar-refractivity contribution in [2.24, 2.45) is 11.7 Å². The van der Waals surface area contributed by atoms with E-state index in [1.54, 1.807) is 6.07 Å². The van der Waals surface area contributed by atoms with Gasteiger partial charge in [-0.2, -0.15) is 0 Å². The second kappa shape index (κ2) is 5.38. The fourth-order valence-corrected chi connectivity index (χ4v) is 2.31. The van der Waals surface area contributed by atoms with Gasteiger partial charge in [-0.1, -0.05) is 6.07 Å². The highest BCUT2D eigenvalue weighted by molar-refractivity contribution is 5.40. The Morgan fingerprint density at radius 1 is 1.18 bits per heavy atom. The molecule has 1 heterocycles. The summed E-state index contributed by atoms with van der Waals surface area (Å²) in [5.41, 5.74) is 6.69. The summed E-state index contributed by atoms with van der Waals surface area (Å²) in [5.74, 6) is 0.564. The van der Waals surface area contributed by atoms with E-state index in [1.165, 1.54) is 6.07 Å².